The van der Waals surface area contributed by atoms with Gasteiger partial charge in [-0.15, -0.1) is 21.5 Å². The van der Waals surface area contributed by atoms with Crippen molar-refractivity contribution in [3.05, 3.63) is 47.7 Å². The standard InChI is InChI=1S/C28H31F3N8O4S/c1-7-33-25(40)36-20-9-17(24-35-19(13-44-24)28(29,30)31)18(12-34-20)15-8-16(11-32-10-15)22-38-39-23(42-22)21(14(2)3)37-26(41)43-27(4,5)6/h8-14,21H,7H2,1-6H3,(H,37,41)(H2,33,34,36,40)/t21-/m0/s1. The van der Waals surface area contributed by atoms with Crippen molar-refractivity contribution in [2.75, 3.05) is 11.9 Å². The number of rotatable bonds is 8. The van der Waals surface area contributed by atoms with Crippen LogP contribution in [0.3, 0.4) is 0 Å². The SMILES string of the molecule is CCNC(=O)Nc1cc(-c2nc(C(F)(F)F)cs2)c(-c2cncc(-c3nnc([C@@H](NC(=O)OC(C)(C)C)C(C)C)o3)c2)cn1. The Morgan fingerprint density at radius 3 is 2.41 bits per heavy atom. The molecule has 3 N–H and O–H groups in total. The van der Waals surface area contributed by atoms with Gasteiger partial charge in [0, 0.05) is 47.2 Å². The summed E-state index contributed by atoms with van der Waals surface area (Å²) in [6.45, 7) is 11.1. The van der Waals surface area contributed by atoms with E-state index in [9.17, 15) is 22.8 Å². The number of ether oxygens (including phenoxy) is 1. The van der Waals surface area contributed by atoms with E-state index >= 15 is 0 Å². The van der Waals surface area contributed by atoms with Gasteiger partial charge in [0.1, 0.15) is 22.5 Å². The number of hydrogen-bond donors (Lipinski definition) is 3. The quantitative estimate of drug-likeness (QED) is 0.192. The Balaban J connectivity index is 1.70. The van der Waals surface area contributed by atoms with Crippen LogP contribution in [-0.2, 0) is 10.9 Å². The van der Waals surface area contributed by atoms with Crippen molar-refractivity contribution in [1.82, 2.24) is 35.8 Å². The van der Waals surface area contributed by atoms with Gasteiger partial charge >= 0.3 is 18.3 Å². The van der Waals surface area contributed by atoms with Crippen LogP contribution in [0.4, 0.5) is 28.6 Å². The maximum absolute atomic E-state index is 13.4. The van der Waals surface area contributed by atoms with Crippen LogP contribution in [0.2, 0.25) is 0 Å². The van der Waals surface area contributed by atoms with Gasteiger partial charge in [0.2, 0.25) is 11.8 Å². The third kappa shape index (κ3) is 8.06. The van der Waals surface area contributed by atoms with Crippen LogP contribution in [0.15, 0.2) is 40.5 Å². The van der Waals surface area contributed by atoms with E-state index in [1.807, 2.05) is 13.8 Å². The van der Waals surface area contributed by atoms with E-state index in [1.165, 1.54) is 24.7 Å². The molecule has 4 aromatic rings. The first-order valence-electron chi connectivity index (χ1n) is 13.5. The maximum atomic E-state index is 13.4. The Labute approximate surface area is 254 Å². The number of aromatic nitrogens is 5. The highest BCUT2D eigenvalue weighted by Gasteiger charge is 2.34. The lowest BCUT2D eigenvalue weighted by atomic mass is 10.0. The average molecular weight is 633 g/mol. The number of alkyl halides is 3. The first-order chi connectivity index (χ1) is 20.6. The van der Waals surface area contributed by atoms with Crippen molar-refractivity contribution >= 4 is 29.3 Å². The average Bonchev–Trinajstić information content (AvgIpc) is 3.62. The number of alkyl carbamates (subject to hydrolysis) is 1. The zero-order valence-electron chi connectivity index (χ0n) is 24.7. The molecule has 1 atom stereocenters. The summed E-state index contributed by atoms with van der Waals surface area (Å²) in [6.07, 6.45) is -0.883. The molecule has 0 saturated heterocycles. The predicted octanol–water partition coefficient (Wildman–Crippen LogP) is 6.70. The van der Waals surface area contributed by atoms with Crippen LogP contribution in [0.1, 0.15) is 59.2 Å². The Kier molecular flexibility index (Phi) is 9.51. The molecule has 0 saturated carbocycles. The van der Waals surface area contributed by atoms with Crippen molar-refractivity contribution < 1.29 is 31.9 Å². The molecule has 3 amide bonds. The predicted molar refractivity (Wildman–Crippen MR) is 157 cm³/mol. The number of thiazole rings is 1. The van der Waals surface area contributed by atoms with Gasteiger partial charge in [0.25, 0.3) is 0 Å². The van der Waals surface area contributed by atoms with Crippen LogP contribution in [0.25, 0.3) is 33.2 Å². The van der Waals surface area contributed by atoms with Gasteiger partial charge in [-0.3, -0.25) is 10.3 Å². The number of nitrogens with zero attached hydrogens (tertiary/aromatic N) is 5. The first-order valence-corrected chi connectivity index (χ1v) is 14.4. The molecule has 0 bridgehead atoms. The molecular formula is C28H31F3N8O4S. The number of hydrogen-bond acceptors (Lipinski definition) is 10. The van der Waals surface area contributed by atoms with Crippen LogP contribution in [0, 0.1) is 5.92 Å². The highest BCUT2D eigenvalue weighted by molar-refractivity contribution is 7.13. The first kappa shape index (κ1) is 32.3. The maximum Gasteiger partial charge on any atom is 0.434 e. The second kappa shape index (κ2) is 13.0. The molecule has 4 rings (SSSR count). The van der Waals surface area contributed by atoms with E-state index in [2.05, 4.69) is 41.1 Å². The molecule has 4 aromatic heterocycles. The van der Waals surface area contributed by atoms with Crippen molar-refractivity contribution in [3.8, 4) is 33.2 Å². The smallest absolute Gasteiger partial charge is 0.434 e. The lowest BCUT2D eigenvalue weighted by molar-refractivity contribution is -0.140. The molecular weight excluding hydrogens is 601 g/mol. The molecule has 0 unspecified atom stereocenters. The minimum atomic E-state index is -4.63. The molecule has 44 heavy (non-hydrogen) atoms. The summed E-state index contributed by atoms with van der Waals surface area (Å²) in [7, 11) is 0. The molecule has 0 aliphatic carbocycles. The second-order valence-electron chi connectivity index (χ2n) is 10.9. The summed E-state index contributed by atoms with van der Waals surface area (Å²) in [6, 6.07) is 1.93. The molecule has 0 aromatic carbocycles. The second-order valence-corrected chi connectivity index (χ2v) is 11.8. The number of carbonyl (C=O) groups excluding carboxylic acids is 2. The number of nitrogens with one attached hydrogen (secondary N) is 3. The van der Waals surface area contributed by atoms with Crippen molar-refractivity contribution in [1.29, 1.82) is 0 Å². The Bertz CT molecular complexity index is 1630. The van der Waals surface area contributed by atoms with Gasteiger partial charge in [0.15, 0.2) is 5.69 Å². The molecule has 0 fully saturated rings. The van der Waals surface area contributed by atoms with Crippen LogP contribution >= 0.6 is 11.3 Å². The zero-order valence-corrected chi connectivity index (χ0v) is 25.6. The topological polar surface area (TPSA) is 157 Å². The number of halogens is 3. The summed E-state index contributed by atoms with van der Waals surface area (Å²) in [5, 5.41) is 17.1. The van der Waals surface area contributed by atoms with E-state index in [0.717, 1.165) is 16.7 Å². The fourth-order valence-electron chi connectivity index (χ4n) is 3.91. The van der Waals surface area contributed by atoms with Gasteiger partial charge in [-0.2, -0.15) is 13.2 Å². The van der Waals surface area contributed by atoms with Gasteiger partial charge < -0.3 is 19.8 Å². The highest BCUT2D eigenvalue weighted by Crippen LogP contribution is 2.39. The van der Waals surface area contributed by atoms with E-state index < -0.39 is 35.6 Å². The number of anilines is 1. The summed E-state index contributed by atoms with van der Waals surface area (Å²) in [5.41, 5.74) is -0.177. The number of carbonyl (C=O) groups is 2. The van der Waals surface area contributed by atoms with E-state index in [-0.39, 0.29) is 28.5 Å². The van der Waals surface area contributed by atoms with Crippen molar-refractivity contribution in [3.63, 3.8) is 0 Å². The fraction of sp³-hybridized carbons (Fsp3) is 0.393. The number of amides is 3. The fourth-order valence-corrected chi connectivity index (χ4v) is 4.77. The summed E-state index contributed by atoms with van der Waals surface area (Å²) in [4.78, 5) is 36.8. The molecule has 12 nitrogen and oxygen atoms in total. The minimum absolute atomic E-state index is 0.0622. The van der Waals surface area contributed by atoms with Crippen LogP contribution in [-0.4, -0.2) is 49.4 Å². The molecule has 0 aliphatic rings. The Morgan fingerprint density at radius 2 is 1.77 bits per heavy atom. The lowest BCUT2D eigenvalue weighted by Crippen LogP contribution is -2.37. The normalized spacial score (nSPS) is 12.6. The Morgan fingerprint density at radius 1 is 1.05 bits per heavy atom. The van der Waals surface area contributed by atoms with Gasteiger partial charge in [0.05, 0.1) is 5.56 Å². The molecule has 4 heterocycles. The zero-order chi connectivity index (χ0) is 32.2. The van der Waals surface area contributed by atoms with Gasteiger partial charge in [-0.1, -0.05) is 13.8 Å². The third-order valence-electron chi connectivity index (χ3n) is 5.85. The van der Waals surface area contributed by atoms with E-state index in [0.29, 0.717) is 28.8 Å². The molecule has 16 heteroatoms. The lowest BCUT2D eigenvalue weighted by Gasteiger charge is -2.23. The summed E-state index contributed by atoms with van der Waals surface area (Å²) >= 11 is 0.801. The third-order valence-corrected chi connectivity index (χ3v) is 6.73. The summed E-state index contributed by atoms with van der Waals surface area (Å²) < 4.78 is 51.4. The van der Waals surface area contributed by atoms with Gasteiger partial charge in [-0.05, 0) is 45.7 Å². The van der Waals surface area contributed by atoms with E-state index in [1.54, 1.807) is 33.8 Å². The monoisotopic (exact) mass is 632 g/mol. The van der Waals surface area contributed by atoms with Crippen molar-refractivity contribution in [2.45, 2.75) is 59.4 Å². The highest BCUT2D eigenvalue weighted by atomic mass is 32.1. The van der Waals surface area contributed by atoms with Crippen molar-refractivity contribution in [2.24, 2.45) is 5.92 Å². The summed E-state index contributed by atoms with van der Waals surface area (Å²) in [5.74, 6) is 0.238. The minimum Gasteiger partial charge on any atom is -0.444 e. The molecule has 0 radical (unpaired) electrons. The van der Waals surface area contributed by atoms with Crippen LogP contribution < -0.4 is 16.0 Å². The molecule has 0 aliphatic heterocycles. The molecule has 0 spiro atoms. The van der Waals surface area contributed by atoms with Gasteiger partial charge in [-0.25, -0.2) is 19.6 Å². The number of pyridine rings is 2. The van der Waals surface area contributed by atoms with Crippen LogP contribution in [0.5, 0.6) is 0 Å². The van der Waals surface area contributed by atoms with E-state index in [4.69, 9.17) is 9.15 Å². The Hall–Kier alpha value is -4.60. The largest absolute Gasteiger partial charge is 0.444 e. The molecule has 234 valence electrons. The number of urea groups is 1.